The molecule has 0 saturated carbocycles. The van der Waals surface area contributed by atoms with Gasteiger partial charge in [-0.1, -0.05) is 0 Å². The number of hydrogen-bond donors (Lipinski definition) is 2. The van der Waals surface area contributed by atoms with Crippen molar-refractivity contribution in [2.45, 2.75) is 30.4 Å². The van der Waals surface area contributed by atoms with Gasteiger partial charge < -0.3 is 5.32 Å². The second-order valence-electron chi connectivity index (χ2n) is 6.25. The first-order valence-electron chi connectivity index (χ1n) is 7.19. The van der Waals surface area contributed by atoms with Crippen molar-refractivity contribution in [2.24, 2.45) is 0 Å². The van der Waals surface area contributed by atoms with Gasteiger partial charge in [-0.05, 0) is 45.0 Å². The minimum Gasteiger partial charge on any atom is -0.340 e. The molecule has 0 fully saturated rings. The van der Waals surface area contributed by atoms with E-state index >= 15 is 0 Å². The number of aromatic amines is 1. The van der Waals surface area contributed by atoms with Crippen molar-refractivity contribution >= 4 is 32.2 Å². The van der Waals surface area contributed by atoms with Gasteiger partial charge in [0, 0.05) is 17.6 Å². The number of anilines is 2. The summed E-state index contributed by atoms with van der Waals surface area (Å²) in [6.07, 6.45) is 3.32. The van der Waals surface area contributed by atoms with E-state index in [1.54, 1.807) is 63.5 Å². The molecule has 0 aliphatic rings. The predicted molar refractivity (Wildman–Crippen MR) is 90.6 cm³/mol. The van der Waals surface area contributed by atoms with Crippen LogP contribution in [0.25, 0.3) is 10.9 Å². The fourth-order valence-electron chi connectivity index (χ4n) is 2.23. The first kappa shape index (κ1) is 15.5. The Kier molecular flexibility index (Phi) is 3.60. The van der Waals surface area contributed by atoms with Crippen LogP contribution < -0.4 is 5.32 Å². The highest BCUT2D eigenvalue weighted by molar-refractivity contribution is 7.92. The van der Waals surface area contributed by atoms with Gasteiger partial charge in [0.1, 0.15) is 5.82 Å². The maximum Gasteiger partial charge on any atom is 0.183 e. The maximum atomic E-state index is 12.7. The van der Waals surface area contributed by atoms with E-state index in [1.165, 1.54) is 0 Å². The van der Waals surface area contributed by atoms with E-state index in [9.17, 15) is 8.42 Å². The molecular weight excluding hydrogens is 312 g/mol. The number of sulfone groups is 1. The van der Waals surface area contributed by atoms with E-state index in [1.807, 2.05) is 0 Å². The van der Waals surface area contributed by atoms with Crippen molar-refractivity contribution in [3.8, 4) is 0 Å². The van der Waals surface area contributed by atoms with Crippen LogP contribution in [0.2, 0.25) is 0 Å². The molecule has 0 aliphatic carbocycles. The van der Waals surface area contributed by atoms with Crippen molar-refractivity contribution in [1.29, 1.82) is 0 Å². The van der Waals surface area contributed by atoms with Crippen LogP contribution in [0.3, 0.4) is 0 Å². The SMILES string of the molecule is CC(C)(C)S(=O)(=O)c1ccc2nccc(Nc3ccn[nH]3)c2c1. The third-order valence-electron chi connectivity index (χ3n) is 3.60. The first-order chi connectivity index (χ1) is 10.8. The van der Waals surface area contributed by atoms with Gasteiger partial charge in [0.15, 0.2) is 9.84 Å². The molecule has 0 amide bonds. The van der Waals surface area contributed by atoms with Crippen molar-refractivity contribution in [3.05, 3.63) is 42.7 Å². The van der Waals surface area contributed by atoms with E-state index in [0.717, 1.165) is 22.4 Å². The molecule has 0 bridgehead atoms. The summed E-state index contributed by atoms with van der Waals surface area (Å²) in [7, 11) is -3.42. The van der Waals surface area contributed by atoms with Crippen molar-refractivity contribution in [3.63, 3.8) is 0 Å². The Morgan fingerprint density at radius 1 is 1.09 bits per heavy atom. The topological polar surface area (TPSA) is 87.7 Å². The second-order valence-corrected chi connectivity index (χ2v) is 8.95. The molecule has 120 valence electrons. The monoisotopic (exact) mass is 330 g/mol. The Hall–Kier alpha value is -2.41. The number of rotatable bonds is 3. The average Bonchev–Trinajstić information content (AvgIpc) is 2.99. The molecule has 0 unspecified atom stereocenters. The highest BCUT2D eigenvalue weighted by Gasteiger charge is 2.31. The van der Waals surface area contributed by atoms with Crippen molar-refractivity contribution in [2.75, 3.05) is 5.32 Å². The van der Waals surface area contributed by atoms with Gasteiger partial charge in [-0.2, -0.15) is 5.10 Å². The molecule has 0 spiro atoms. The van der Waals surface area contributed by atoms with Crippen LogP contribution in [0.5, 0.6) is 0 Å². The lowest BCUT2D eigenvalue weighted by Gasteiger charge is -2.19. The van der Waals surface area contributed by atoms with Gasteiger partial charge in [-0.25, -0.2) is 8.42 Å². The molecule has 2 N–H and O–H groups in total. The van der Waals surface area contributed by atoms with Gasteiger partial charge in [0.25, 0.3) is 0 Å². The lowest BCUT2D eigenvalue weighted by molar-refractivity contribution is 0.560. The van der Waals surface area contributed by atoms with Crippen LogP contribution in [-0.4, -0.2) is 28.3 Å². The van der Waals surface area contributed by atoms with E-state index < -0.39 is 14.6 Å². The van der Waals surface area contributed by atoms with Gasteiger partial charge in [-0.3, -0.25) is 10.1 Å². The Morgan fingerprint density at radius 3 is 2.52 bits per heavy atom. The molecule has 0 saturated heterocycles. The predicted octanol–water partition coefficient (Wildman–Crippen LogP) is 3.27. The molecule has 2 heterocycles. The number of benzene rings is 1. The molecular formula is C16H18N4O2S. The van der Waals surface area contributed by atoms with Crippen LogP contribution in [0.15, 0.2) is 47.6 Å². The Balaban J connectivity index is 2.15. The summed E-state index contributed by atoms with van der Waals surface area (Å²) in [6.45, 7) is 5.08. The average molecular weight is 330 g/mol. The second kappa shape index (κ2) is 5.34. The quantitative estimate of drug-likeness (QED) is 0.769. The third kappa shape index (κ3) is 2.79. The van der Waals surface area contributed by atoms with E-state index in [4.69, 9.17) is 0 Å². The van der Waals surface area contributed by atoms with Gasteiger partial charge >= 0.3 is 0 Å². The molecule has 3 aromatic rings. The number of fused-ring (bicyclic) bond motifs is 1. The minimum atomic E-state index is -3.42. The van der Waals surface area contributed by atoms with Gasteiger partial charge in [0.05, 0.1) is 27.0 Å². The summed E-state index contributed by atoms with van der Waals surface area (Å²) in [5.74, 6) is 0.724. The molecule has 0 atom stereocenters. The molecule has 23 heavy (non-hydrogen) atoms. The minimum absolute atomic E-state index is 0.290. The molecule has 3 rings (SSSR count). The summed E-state index contributed by atoms with van der Waals surface area (Å²) >= 11 is 0. The lowest BCUT2D eigenvalue weighted by Crippen LogP contribution is -2.27. The molecule has 0 radical (unpaired) electrons. The van der Waals surface area contributed by atoms with Crippen LogP contribution in [0.4, 0.5) is 11.5 Å². The fraction of sp³-hybridized carbons (Fsp3) is 0.250. The first-order valence-corrected chi connectivity index (χ1v) is 8.67. The van der Waals surface area contributed by atoms with Crippen molar-refractivity contribution < 1.29 is 8.42 Å². The summed E-state index contributed by atoms with van der Waals surface area (Å²) < 4.78 is 24.5. The highest BCUT2D eigenvalue weighted by atomic mass is 32.2. The number of nitrogens with one attached hydrogen (secondary N) is 2. The van der Waals surface area contributed by atoms with E-state index in [2.05, 4.69) is 20.5 Å². The molecule has 2 aromatic heterocycles. The van der Waals surface area contributed by atoms with Crippen LogP contribution >= 0.6 is 0 Å². The summed E-state index contributed by atoms with van der Waals surface area (Å²) in [4.78, 5) is 4.59. The Labute approximate surface area is 134 Å². The highest BCUT2D eigenvalue weighted by Crippen LogP contribution is 2.30. The zero-order valence-corrected chi connectivity index (χ0v) is 14.0. The zero-order valence-electron chi connectivity index (χ0n) is 13.2. The van der Waals surface area contributed by atoms with Gasteiger partial charge in [0.2, 0.25) is 0 Å². The number of hydrogen-bond acceptors (Lipinski definition) is 5. The molecule has 7 heteroatoms. The van der Waals surface area contributed by atoms with Crippen LogP contribution in [0, 0.1) is 0 Å². The molecule has 0 aliphatic heterocycles. The van der Waals surface area contributed by atoms with Crippen LogP contribution in [0.1, 0.15) is 20.8 Å². The summed E-state index contributed by atoms with van der Waals surface area (Å²) in [5, 5.41) is 10.6. The van der Waals surface area contributed by atoms with E-state index in [-0.39, 0.29) is 4.90 Å². The smallest absolute Gasteiger partial charge is 0.183 e. The van der Waals surface area contributed by atoms with Gasteiger partial charge in [-0.15, -0.1) is 0 Å². The lowest BCUT2D eigenvalue weighted by atomic mass is 10.2. The molecule has 1 aromatic carbocycles. The summed E-state index contributed by atoms with van der Waals surface area (Å²) in [5.41, 5.74) is 1.49. The largest absolute Gasteiger partial charge is 0.340 e. The number of nitrogens with zero attached hydrogens (tertiary/aromatic N) is 2. The third-order valence-corrected chi connectivity index (χ3v) is 6.09. The zero-order chi connectivity index (χ0) is 16.7. The normalized spacial score (nSPS) is 12.5. The number of aromatic nitrogens is 3. The number of H-pyrrole nitrogens is 1. The standard InChI is InChI=1S/C16H18N4O2S/c1-16(2,3)23(21,22)11-4-5-13-12(10-11)14(6-8-17-13)19-15-7-9-18-20-15/h4-10H,1-3H3,(H2,17,18,19,20). The molecule has 6 nitrogen and oxygen atoms in total. The summed E-state index contributed by atoms with van der Waals surface area (Å²) in [6, 6.07) is 8.60. The fourth-order valence-corrected chi connectivity index (χ4v) is 3.45. The van der Waals surface area contributed by atoms with Crippen molar-refractivity contribution in [1.82, 2.24) is 15.2 Å². The van der Waals surface area contributed by atoms with E-state index in [0.29, 0.717) is 0 Å². The Bertz CT molecular complexity index is 942. The maximum absolute atomic E-state index is 12.7. The number of pyridine rings is 1. The van der Waals surface area contributed by atoms with Crippen LogP contribution in [-0.2, 0) is 9.84 Å². The Morgan fingerprint density at radius 2 is 1.87 bits per heavy atom.